The Morgan fingerprint density at radius 3 is 2.42 bits per heavy atom. The summed E-state index contributed by atoms with van der Waals surface area (Å²) in [6, 6.07) is 14.5. The molecule has 0 aliphatic carbocycles. The molecule has 1 amide bonds. The van der Waals surface area contributed by atoms with Gasteiger partial charge in [0.1, 0.15) is 5.82 Å². The van der Waals surface area contributed by atoms with Gasteiger partial charge in [0.2, 0.25) is 5.91 Å². The normalized spacial score (nSPS) is 19.6. The van der Waals surface area contributed by atoms with Crippen molar-refractivity contribution in [3.8, 4) is 5.82 Å². The highest BCUT2D eigenvalue weighted by Crippen LogP contribution is 2.24. The van der Waals surface area contributed by atoms with E-state index in [2.05, 4.69) is 54.1 Å². The average molecular weight is 446 g/mol. The molecule has 0 radical (unpaired) electrons. The molecule has 4 heterocycles. The number of benzene rings is 1. The van der Waals surface area contributed by atoms with Crippen LogP contribution >= 0.6 is 0 Å². The van der Waals surface area contributed by atoms with Gasteiger partial charge in [-0.1, -0.05) is 30.3 Å². The Morgan fingerprint density at radius 1 is 0.970 bits per heavy atom. The first-order valence-electron chi connectivity index (χ1n) is 11.8. The number of hydrogen-bond donors (Lipinski definition) is 0. The number of hydrogen-bond acceptors (Lipinski definition) is 6. The van der Waals surface area contributed by atoms with Crippen LogP contribution in [0.5, 0.6) is 0 Å². The number of imidazole rings is 1. The maximum atomic E-state index is 13.3. The van der Waals surface area contributed by atoms with E-state index in [4.69, 9.17) is 0 Å². The summed E-state index contributed by atoms with van der Waals surface area (Å²) in [4.78, 5) is 24.2. The van der Waals surface area contributed by atoms with Crippen molar-refractivity contribution in [1.29, 1.82) is 0 Å². The van der Waals surface area contributed by atoms with Crippen molar-refractivity contribution in [3.05, 3.63) is 66.2 Å². The summed E-state index contributed by atoms with van der Waals surface area (Å²) in [5.41, 5.74) is 1.33. The molecule has 3 aromatic rings. The van der Waals surface area contributed by atoms with Crippen molar-refractivity contribution in [3.63, 3.8) is 0 Å². The van der Waals surface area contributed by atoms with Crippen LogP contribution in [0.4, 0.5) is 5.82 Å². The minimum atomic E-state index is 0.0248. The van der Waals surface area contributed by atoms with Gasteiger partial charge in [0.15, 0.2) is 11.6 Å². The van der Waals surface area contributed by atoms with Gasteiger partial charge in [-0.05, 0) is 37.5 Å². The average Bonchev–Trinajstić information content (AvgIpc) is 3.31. The highest BCUT2D eigenvalue weighted by Gasteiger charge is 2.31. The predicted molar refractivity (Wildman–Crippen MR) is 127 cm³/mol. The van der Waals surface area contributed by atoms with E-state index in [1.54, 1.807) is 6.20 Å². The Morgan fingerprint density at radius 2 is 1.73 bits per heavy atom. The first-order valence-corrected chi connectivity index (χ1v) is 11.8. The van der Waals surface area contributed by atoms with Crippen molar-refractivity contribution in [2.24, 2.45) is 5.92 Å². The SMILES string of the molecule is Cc1nccn1-c1ccc(N2CCCC(C(=O)N3CCN(Cc4ccccc4)CC3)C2)nn1. The van der Waals surface area contributed by atoms with Crippen LogP contribution in [0.15, 0.2) is 54.9 Å². The summed E-state index contributed by atoms with van der Waals surface area (Å²) in [5, 5.41) is 8.84. The van der Waals surface area contributed by atoms with E-state index in [0.717, 1.165) is 69.6 Å². The monoisotopic (exact) mass is 445 g/mol. The van der Waals surface area contributed by atoms with Gasteiger partial charge < -0.3 is 9.80 Å². The predicted octanol–water partition coefficient (Wildman–Crippen LogP) is 2.53. The van der Waals surface area contributed by atoms with Crippen molar-refractivity contribution in [2.45, 2.75) is 26.3 Å². The number of piperidine rings is 1. The van der Waals surface area contributed by atoms with Crippen molar-refractivity contribution in [2.75, 3.05) is 44.2 Å². The lowest BCUT2D eigenvalue weighted by Gasteiger charge is -2.39. The molecule has 5 rings (SSSR count). The molecule has 0 bridgehead atoms. The van der Waals surface area contributed by atoms with E-state index < -0.39 is 0 Å². The largest absolute Gasteiger partial charge is 0.354 e. The quantitative estimate of drug-likeness (QED) is 0.601. The van der Waals surface area contributed by atoms with Gasteiger partial charge in [-0.25, -0.2) is 4.98 Å². The fourth-order valence-corrected chi connectivity index (χ4v) is 4.85. The van der Waals surface area contributed by atoms with E-state index in [1.807, 2.05) is 35.9 Å². The van der Waals surface area contributed by atoms with E-state index in [0.29, 0.717) is 6.54 Å². The second-order valence-electron chi connectivity index (χ2n) is 8.97. The molecule has 172 valence electrons. The van der Waals surface area contributed by atoms with Gasteiger partial charge in [-0.3, -0.25) is 14.3 Å². The highest BCUT2D eigenvalue weighted by molar-refractivity contribution is 5.80. The lowest BCUT2D eigenvalue weighted by Crippen LogP contribution is -2.52. The Kier molecular flexibility index (Phi) is 6.35. The van der Waals surface area contributed by atoms with Gasteiger partial charge in [0, 0.05) is 58.2 Å². The molecule has 2 aliphatic heterocycles. The molecule has 1 unspecified atom stereocenters. The topological polar surface area (TPSA) is 70.4 Å². The summed E-state index contributed by atoms with van der Waals surface area (Å²) in [5.74, 6) is 2.78. The van der Waals surface area contributed by atoms with Crippen LogP contribution in [-0.2, 0) is 11.3 Å². The van der Waals surface area contributed by atoms with E-state index in [9.17, 15) is 4.79 Å². The number of carbonyl (C=O) groups excluding carboxylic acids is 1. The summed E-state index contributed by atoms with van der Waals surface area (Å²) in [6.45, 7) is 7.98. The van der Waals surface area contributed by atoms with Gasteiger partial charge in [0.25, 0.3) is 0 Å². The maximum absolute atomic E-state index is 13.3. The van der Waals surface area contributed by atoms with Crippen LogP contribution in [0.2, 0.25) is 0 Å². The molecule has 1 aromatic carbocycles. The fourth-order valence-electron chi connectivity index (χ4n) is 4.85. The number of amides is 1. The van der Waals surface area contributed by atoms with Crippen LogP contribution in [0.3, 0.4) is 0 Å². The molecule has 8 heteroatoms. The zero-order valence-electron chi connectivity index (χ0n) is 19.2. The van der Waals surface area contributed by atoms with Gasteiger partial charge >= 0.3 is 0 Å². The Hall–Kier alpha value is -3.26. The lowest BCUT2D eigenvalue weighted by atomic mass is 9.96. The molecule has 1 atom stereocenters. The second kappa shape index (κ2) is 9.70. The minimum absolute atomic E-state index is 0.0248. The van der Waals surface area contributed by atoms with Crippen LogP contribution in [-0.4, -0.2) is 74.7 Å². The summed E-state index contributed by atoms with van der Waals surface area (Å²) in [7, 11) is 0. The Bertz CT molecular complexity index is 1060. The third kappa shape index (κ3) is 4.90. The molecule has 2 aromatic heterocycles. The highest BCUT2D eigenvalue weighted by atomic mass is 16.2. The third-order valence-electron chi connectivity index (χ3n) is 6.74. The number of aryl methyl sites for hydroxylation is 1. The zero-order valence-corrected chi connectivity index (χ0v) is 19.2. The van der Waals surface area contributed by atoms with Gasteiger partial charge in [-0.2, -0.15) is 0 Å². The number of rotatable bonds is 5. The fraction of sp³-hybridized carbons (Fsp3) is 0.440. The van der Waals surface area contributed by atoms with E-state index in [-0.39, 0.29) is 11.8 Å². The molecule has 0 spiro atoms. The van der Waals surface area contributed by atoms with Crippen LogP contribution < -0.4 is 4.90 Å². The number of nitrogens with zero attached hydrogens (tertiary/aromatic N) is 7. The molecular formula is C25H31N7O. The molecule has 8 nitrogen and oxygen atoms in total. The smallest absolute Gasteiger partial charge is 0.227 e. The number of aromatic nitrogens is 4. The molecule has 33 heavy (non-hydrogen) atoms. The maximum Gasteiger partial charge on any atom is 0.227 e. The van der Waals surface area contributed by atoms with Crippen molar-refractivity contribution < 1.29 is 4.79 Å². The minimum Gasteiger partial charge on any atom is -0.354 e. The summed E-state index contributed by atoms with van der Waals surface area (Å²) < 4.78 is 1.91. The number of carbonyl (C=O) groups is 1. The van der Waals surface area contributed by atoms with Crippen LogP contribution in [0, 0.1) is 12.8 Å². The Labute approximate surface area is 194 Å². The zero-order chi connectivity index (χ0) is 22.6. The first kappa shape index (κ1) is 21.6. The number of piperazine rings is 1. The Balaban J connectivity index is 1.16. The van der Waals surface area contributed by atoms with E-state index >= 15 is 0 Å². The second-order valence-corrected chi connectivity index (χ2v) is 8.97. The molecule has 2 aliphatic rings. The summed E-state index contributed by atoms with van der Waals surface area (Å²) >= 11 is 0. The van der Waals surface area contributed by atoms with Gasteiger partial charge in [0.05, 0.1) is 5.92 Å². The van der Waals surface area contributed by atoms with Crippen LogP contribution in [0.25, 0.3) is 5.82 Å². The summed E-state index contributed by atoms with van der Waals surface area (Å²) in [6.07, 6.45) is 5.58. The van der Waals surface area contributed by atoms with Crippen molar-refractivity contribution >= 4 is 11.7 Å². The molecule has 2 saturated heterocycles. The first-order chi connectivity index (χ1) is 16.2. The van der Waals surface area contributed by atoms with Crippen molar-refractivity contribution in [1.82, 2.24) is 29.5 Å². The van der Waals surface area contributed by atoms with E-state index in [1.165, 1.54) is 5.56 Å². The molecule has 0 N–H and O–H groups in total. The molecule has 2 fully saturated rings. The molecule has 0 saturated carbocycles. The van der Waals surface area contributed by atoms with Crippen LogP contribution in [0.1, 0.15) is 24.2 Å². The molecular weight excluding hydrogens is 414 g/mol. The lowest BCUT2D eigenvalue weighted by molar-refractivity contribution is -0.137. The number of anilines is 1. The van der Waals surface area contributed by atoms with Gasteiger partial charge in [-0.15, -0.1) is 10.2 Å². The standard InChI is InChI=1S/C25H31N7O/c1-20-26-11-13-32(20)24-10-9-23(27-28-24)31-12-5-8-22(19-31)25(33)30-16-14-29(15-17-30)18-21-6-3-2-4-7-21/h2-4,6-7,9-11,13,22H,5,8,12,14-19H2,1H3. The third-order valence-corrected chi connectivity index (χ3v) is 6.74.